The van der Waals surface area contributed by atoms with Crippen molar-refractivity contribution in [1.82, 2.24) is 35.4 Å². The Balaban J connectivity index is 1.22. The van der Waals surface area contributed by atoms with Crippen LogP contribution in [0.2, 0.25) is 30.7 Å². The zero-order valence-corrected chi connectivity index (χ0v) is 25.4. The third-order valence-electron chi connectivity index (χ3n) is 7.36. The topological polar surface area (TPSA) is 116 Å². The zero-order chi connectivity index (χ0) is 28.9. The van der Waals surface area contributed by atoms with Crippen molar-refractivity contribution in [3.63, 3.8) is 0 Å². The number of ether oxygens (including phenoxy) is 2. The van der Waals surface area contributed by atoms with Crippen molar-refractivity contribution in [2.45, 2.75) is 76.0 Å². The minimum atomic E-state index is -1.12. The Morgan fingerprint density at radius 3 is 2.68 bits per heavy atom. The summed E-state index contributed by atoms with van der Waals surface area (Å²) in [5.74, 6) is 1.69. The van der Waals surface area contributed by atoms with Crippen LogP contribution in [0.4, 0.5) is 16.0 Å². The van der Waals surface area contributed by atoms with Crippen LogP contribution in [-0.2, 0) is 23.3 Å². The van der Waals surface area contributed by atoms with E-state index >= 15 is 0 Å². The van der Waals surface area contributed by atoms with Crippen LogP contribution in [-0.4, -0.2) is 56.2 Å². The molecule has 1 fully saturated rings. The number of rotatable bonds is 12. The number of hydrogen-bond donors (Lipinski definition) is 2. The summed E-state index contributed by atoms with van der Waals surface area (Å²) in [5, 5.41) is 23.0. The molecule has 13 heteroatoms. The van der Waals surface area contributed by atoms with Gasteiger partial charge >= 0.3 is 0 Å². The summed E-state index contributed by atoms with van der Waals surface area (Å²) in [4.78, 5) is 4.87. The number of hydrogen-bond acceptors (Lipinski definition) is 8. The van der Waals surface area contributed by atoms with E-state index in [-0.39, 0.29) is 22.3 Å². The van der Waals surface area contributed by atoms with Crippen LogP contribution in [0.1, 0.15) is 37.2 Å². The molecule has 4 aromatic rings. The Hall–Kier alpha value is -3.35. The quantitative estimate of drug-likeness (QED) is 0.147. The van der Waals surface area contributed by atoms with Crippen LogP contribution in [0.15, 0.2) is 48.7 Å². The van der Waals surface area contributed by atoms with Gasteiger partial charge in [0.1, 0.15) is 12.5 Å². The predicted molar refractivity (Wildman–Crippen MR) is 158 cm³/mol. The second-order valence-electron chi connectivity index (χ2n) is 11.8. The summed E-state index contributed by atoms with van der Waals surface area (Å²) >= 11 is 5.94. The summed E-state index contributed by atoms with van der Waals surface area (Å²) in [5.41, 5.74) is 0.523. The van der Waals surface area contributed by atoms with Gasteiger partial charge in [0.05, 0.1) is 11.1 Å². The van der Waals surface area contributed by atoms with Crippen molar-refractivity contribution in [3.8, 4) is 5.75 Å². The summed E-state index contributed by atoms with van der Waals surface area (Å²) < 4.78 is 28.0. The van der Waals surface area contributed by atoms with Crippen LogP contribution in [0, 0.1) is 5.82 Å². The van der Waals surface area contributed by atoms with Crippen LogP contribution in [0.25, 0.3) is 0 Å². The summed E-state index contributed by atoms with van der Waals surface area (Å²) in [6, 6.07) is 13.7. The Morgan fingerprint density at radius 2 is 1.93 bits per heavy atom. The van der Waals surface area contributed by atoms with Crippen molar-refractivity contribution >= 4 is 31.3 Å². The number of anilines is 2. The molecular weight excluding hydrogens is 563 g/mol. The monoisotopic (exact) mass is 598 g/mol. The van der Waals surface area contributed by atoms with Crippen molar-refractivity contribution in [2.75, 3.05) is 11.9 Å². The van der Waals surface area contributed by atoms with Crippen molar-refractivity contribution in [2.24, 2.45) is 0 Å². The number of pyridine rings is 1. The second kappa shape index (κ2) is 12.7. The van der Waals surface area contributed by atoms with Gasteiger partial charge in [-0.2, -0.15) is 10.3 Å². The molecule has 1 aliphatic rings. The van der Waals surface area contributed by atoms with Crippen molar-refractivity contribution in [3.05, 3.63) is 71.0 Å². The average molecular weight is 599 g/mol. The third kappa shape index (κ3) is 7.69. The molecule has 0 saturated heterocycles. The van der Waals surface area contributed by atoms with Crippen LogP contribution < -0.4 is 10.1 Å². The fourth-order valence-electron chi connectivity index (χ4n) is 5.04. The minimum Gasteiger partial charge on any atom is -0.487 e. The predicted octanol–water partition coefficient (Wildman–Crippen LogP) is 6.14. The van der Waals surface area contributed by atoms with Crippen molar-refractivity contribution in [1.29, 1.82) is 0 Å². The third-order valence-corrected chi connectivity index (χ3v) is 9.36. The van der Waals surface area contributed by atoms with E-state index in [4.69, 9.17) is 26.1 Å². The van der Waals surface area contributed by atoms with E-state index in [1.807, 2.05) is 30.5 Å². The molecule has 5 rings (SSSR count). The number of nitrogens with one attached hydrogen (secondary N) is 2. The highest BCUT2D eigenvalue weighted by atomic mass is 35.5. The maximum Gasteiger partial charge on any atom is 0.183 e. The molecular formula is C28H36ClFN8O2Si. The normalized spacial score (nSPS) is 19.3. The number of H-pyrrole nitrogens is 1. The maximum atomic E-state index is 14.4. The van der Waals surface area contributed by atoms with Crippen LogP contribution in [0.5, 0.6) is 5.75 Å². The molecule has 10 nitrogen and oxygen atoms in total. The average Bonchev–Trinajstić information content (AvgIpc) is 3.63. The molecule has 0 spiro atoms. The first-order chi connectivity index (χ1) is 19.7. The van der Waals surface area contributed by atoms with Crippen LogP contribution >= 0.6 is 11.6 Å². The molecule has 0 radical (unpaired) electrons. The molecule has 0 unspecified atom stereocenters. The molecule has 3 heterocycles. The van der Waals surface area contributed by atoms with E-state index in [2.05, 4.69) is 50.7 Å². The molecule has 0 bridgehead atoms. The van der Waals surface area contributed by atoms with Gasteiger partial charge in [-0.3, -0.25) is 0 Å². The summed E-state index contributed by atoms with van der Waals surface area (Å²) in [7, 11) is -1.12. The Bertz CT molecular complexity index is 1420. The lowest BCUT2D eigenvalue weighted by Crippen LogP contribution is -2.38. The lowest BCUT2D eigenvalue weighted by molar-refractivity contribution is 0.0788. The Labute approximate surface area is 245 Å². The highest BCUT2D eigenvalue weighted by Gasteiger charge is 2.41. The number of tetrazole rings is 1. The highest BCUT2D eigenvalue weighted by Crippen LogP contribution is 2.41. The fraction of sp³-hybridized carbons (Fsp3) is 0.464. The fourth-order valence-corrected chi connectivity index (χ4v) is 5.97. The first-order valence-electron chi connectivity index (χ1n) is 13.9. The minimum absolute atomic E-state index is 0.0524. The molecule has 1 saturated carbocycles. The number of benzene rings is 1. The molecule has 0 aliphatic heterocycles. The zero-order valence-electron chi connectivity index (χ0n) is 23.6. The van der Waals surface area contributed by atoms with Crippen LogP contribution in [0.3, 0.4) is 0 Å². The largest absolute Gasteiger partial charge is 0.487 e. The standard InChI is InChI=1S/C28H36ClFN8O2Si/c1-41(2,3)17-16-39-19-38-15-12-25(35-38)32-24-9-4-6-20(31-24)18-28(27-33-36-37-34-27)13-10-21(11-14-28)40-23-8-5-7-22(29)26(23)30/h4-9,12,15,21H,10-11,13-14,16-19H2,1-3H3,(H,31,32,35)(H,33,34,36,37)/t21-,28-. The first kappa shape index (κ1) is 29.1. The molecule has 2 N–H and O–H groups in total. The number of aromatic amines is 1. The van der Waals surface area contributed by atoms with E-state index in [9.17, 15) is 4.39 Å². The molecule has 41 heavy (non-hydrogen) atoms. The Kier molecular flexibility index (Phi) is 9.00. The summed E-state index contributed by atoms with van der Waals surface area (Å²) in [6.07, 6.45) is 5.26. The lowest BCUT2D eigenvalue weighted by atomic mass is 9.69. The van der Waals surface area contributed by atoms with Gasteiger partial charge in [-0.1, -0.05) is 48.6 Å². The number of nitrogens with zero attached hydrogens (tertiary/aromatic N) is 6. The van der Waals surface area contributed by atoms with Gasteiger partial charge in [-0.15, -0.1) is 10.2 Å². The SMILES string of the molecule is C[Si](C)(C)CCOCn1ccc(Nc2cccc(C[C@]3(c4nn[nH]n4)CC[C@H](Oc4cccc(Cl)c4F)CC3)n2)n1. The van der Waals surface area contributed by atoms with Gasteiger partial charge in [0, 0.05) is 44.5 Å². The van der Waals surface area contributed by atoms with Gasteiger partial charge in [0.25, 0.3) is 0 Å². The molecule has 1 aliphatic carbocycles. The molecule has 3 aromatic heterocycles. The van der Waals surface area contributed by atoms with E-state index in [0.717, 1.165) is 31.2 Å². The Morgan fingerprint density at radius 1 is 1.12 bits per heavy atom. The molecule has 0 amide bonds. The first-order valence-corrected chi connectivity index (χ1v) is 18.0. The number of aromatic nitrogens is 7. The molecule has 1 aromatic carbocycles. The summed E-state index contributed by atoms with van der Waals surface area (Å²) in [6.45, 7) is 8.17. The highest BCUT2D eigenvalue weighted by molar-refractivity contribution is 6.76. The van der Waals surface area contributed by atoms with E-state index in [0.29, 0.717) is 43.5 Å². The molecule has 218 valence electrons. The van der Waals surface area contributed by atoms with E-state index in [1.54, 1.807) is 16.8 Å². The van der Waals surface area contributed by atoms with Crippen molar-refractivity contribution < 1.29 is 13.9 Å². The maximum absolute atomic E-state index is 14.4. The molecule has 0 atom stereocenters. The van der Waals surface area contributed by atoms with Gasteiger partial charge < -0.3 is 14.8 Å². The van der Waals surface area contributed by atoms with Gasteiger partial charge in [0.15, 0.2) is 23.2 Å². The smallest absolute Gasteiger partial charge is 0.183 e. The van der Waals surface area contributed by atoms with E-state index in [1.165, 1.54) is 6.07 Å². The van der Waals surface area contributed by atoms with E-state index < -0.39 is 13.9 Å². The van der Waals surface area contributed by atoms with Gasteiger partial charge in [0.2, 0.25) is 0 Å². The number of halogens is 2. The second-order valence-corrected chi connectivity index (χ2v) is 17.8. The lowest BCUT2D eigenvalue weighted by Gasteiger charge is -2.37. The van der Waals surface area contributed by atoms with Gasteiger partial charge in [-0.25, -0.2) is 14.1 Å². The van der Waals surface area contributed by atoms with Gasteiger partial charge in [-0.05, 0) is 56.0 Å².